The highest BCUT2D eigenvalue weighted by Gasteiger charge is 2.26. The van der Waals surface area contributed by atoms with Crippen LogP contribution in [0, 0.1) is 6.92 Å². The van der Waals surface area contributed by atoms with Crippen molar-refractivity contribution in [1.82, 2.24) is 10.0 Å². The van der Waals surface area contributed by atoms with Gasteiger partial charge in [0.2, 0.25) is 0 Å². The Bertz CT molecular complexity index is 466. The van der Waals surface area contributed by atoms with Crippen molar-refractivity contribution >= 4 is 12.0 Å². The van der Waals surface area contributed by atoms with E-state index in [9.17, 15) is 10.0 Å². The van der Waals surface area contributed by atoms with Gasteiger partial charge in [0, 0.05) is 6.20 Å². The molecule has 0 atom stereocenters. The SMILES string of the molecule is C/C=C\c1c(C)cnc2c1CCN(O)C2=O. The number of pyridine rings is 1. The first-order valence-corrected chi connectivity index (χ1v) is 5.27. The van der Waals surface area contributed by atoms with Gasteiger partial charge in [-0.1, -0.05) is 12.2 Å². The van der Waals surface area contributed by atoms with E-state index in [2.05, 4.69) is 4.98 Å². The van der Waals surface area contributed by atoms with Crippen molar-refractivity contribution in [3.8, 4) is 0 Å². The zero-order valence-corrected chi connectivity index (χ0v) is 9.40. The number of hydrogen-bond acceptors (Lipinski definition) is 3. The molecule has 0 fully saturated rings. The Hall–Kier alpha value is -1.68. The molecule has 4 nitrogen and oxygen atoms in total. The molecule has 0 bridgehead atoms. The molecule has 0 spiro atoms. The highest BCUT2D eigenvalue weighted by Crippen LogP contribution is 2.23. The minimum atomic E-state index is -0.410. The lowest BCUT2D eigenvalue weighted by molar-refractivity contribution is -0.0607. The van der Waals surface area contributed by atoms with Crippen LogP contribution in [0.15, 0.2) is 12.3 Å². The minimum Gasteiger partial charge on any atom is -0.286 e. The first-order valence-electron chi connectivity index (χ1n) is 5.27. The maximum absolute atomic E-state index is 11.7. The van der Waals surface area contributed by atoms with Crippen molar-refractivity contribution in [1.29, 1.82) is 0 Å². The Morgan fingerprint density at radius 2 is 2.31 bits per heavy atom. The van der Waals surface area contributed by atoms with E-state index >= 15 is 0 Å². The molecule has 0 aromatic carbocycles. The van der Waals surface area contributed by atoms with E-state index in [0.717, 1.165) is 21.8 Å². The number of fused-ring (bicyclic) bond motifs is 1. The Balaban J connectivity index is 2.61. The summed E-state index contributed by atoms with van der Waals surface area (Å²) in [5.41, 5.74) is 3.41. The molecule has 1 amide bonds. The largest absolute Gasteiger partial charge is 0.296 e. The van der Waals surface area contributed by atoms with Crippen LogP contribution in [0.4, 0.5) is 0 Å². The van der Waals surface area contributed by atoms with Crippen molar-refractivity contribution in [2.75, 3.05) is 6.54 Å². The highest BCUT2D eigenvalue weighted by molar-refractivity contribution is 5.95. The van der Waals surface area contributed by atoms with Crippen molar-refractivity contribution in [2.45, 2.75) is 20.3 Å². The van der Waals surface area contributed by atoms with Crippen molar-refractivity contribution in [2.24, 2.45) is 0 Å². The first kappa shape index (κ1) is 10.8. The summed E-state index contributed by atoms with van der Waals surface area (Å²) in [5, 5.41) is 10.1. The lowest BCUT2D eigenvalue weighted by Gasteiger charge is -2.23. The molecule has 1 aromatic heterocycles. The summed E-state index contributed by atoms with van der Waals surface area (Å²) in [6, 6.07) is 0. The average molecular weight is 218 g/mol. The number of carbonyl (C=O) groups excluding carboxylic acids is 1. The third kappa shape index (κ3) is 1.61. The van der Waals surface area contributed by atoms with Crippen LogP contribution in [0.1, 0.15) is 34.1 Å². The second-order valence-electron chi connectivity index (χ2n) is 3.86. The number of aryl methyl sites for hydroxylation is 1. The van der Waals surface area contributed by atoms with Crippen LogP contribution in [-0.4, -0.2) is 27.7 Å². The quantitative estimate of drug-likeness (QED) is 0.731. The van der Waals surface area contributed by atoms with E-state index in [1.165, 1.54) is 0 Å². The van der Waals surface area contributed by atoms with Crippen molar-refractivity contribution < 1.29 is 10.0 Å². The summed E-state index contributed by atoms with van der Waals surface area (Å²) in [6.45, 7) is 4.25. The van der Waals surface area contributed by atoms with E-state index in [0.29, 0.717) is 18.7 Å². The highest BCUT2D eigenvalue weighted by atomic mass is 16.5. The predicted molar refractivity (Wildman–Crippen MR) is 60.2 cm³/mol. The second kappa shape index (κ2) is 4.06. The van der Waals surface area contributed by atoms with Gasteiger partial charge in [-0.2, -0.15) is 0 Å². The lowest BCUT2D eigenvalue weighted by atomic mass is 9.96. The number of hydroxylamine groups is 2. The van der Waals surface area contributed by atoms with Gasteiger partial charge in [0.1, 0.15) is 5.69 Å². The van der Waals surface area contributed by atoms with E-state index in [1.54, 1.807) is 6.20 Å². The second-order valence-corrected chi connectivity index (χ2v) is 3.86. The van der Waals surface area contributed by atoms with Crippen LogP contribution in [-0.2, 0) is 6.42 Å². The average Bonchev–Trinajstić information content (AvgIpc) is 2.27. The van der Waals surface area contributed by atoms with Crippen molar-refractivity contribution in [3.63, 3.8) is 0 Å². The minimum absolute atomic E-state index is 0.335. The van der Waals surface area contributed by atoms with Crippen LogP contribution < -0.4 is 0 Å². The third-order valence-electron chi connectivity index (χ3n) is 2.77. The number of nitrogens with zero attached hydrogens (tertiary/aromatic N) is 2. The summed E-state index contributed by atoms with van der Waals surface area (Å²) < 4.78 is 0. The number of allylic oxidation sites excluding steroid dienone is 1. The molecule has 1 aliphatic heterocycles. The molecular formula is C12H14N2O2. The number of carbonyl (C=O) groups is 1. The molecule has 0 radical (unpaired) electrons. The van der Waals surface area contributed by atoms with Gasteiger partial charge < -0.3 is 0 Å². The summed E-state index contributed by atoms with van der Waals surface area (Å²) >= 11 is 0. The normalized spacial score (nSPS) is 15.7. The van der Waals surface area contributed by atoms with Gasteiger partial charge in [-0.05, 0) is 37.0 Å². The molecule has 0 saturated carbocycles. The van der Waals surface area contributed by atoms with Gasteiger partial charge in [-0.15, -0.1) is 0 Å². The number of rotatable bonds is 1. The Morgan fingerprint density at radius 1 is 1.56 bits per heavy atom. The van der Waals surface area contributed by atoms with Gasteiger partial charge in [-0.3, -0.25) is 15.0 Å². The van der Waals surface area contributed by atoms with Gasteiger partial charge in [0.25, 0.3) is 5.91 Å². The van der Waals surface area contributed by atoms with Crippen LogP contribution >= 0.6 is 0 Å². The summed E-state index contributed by atoms with van der Waals surface area (Å²) in [5.74, 6) is -0.410. The Kier molecular flexibility index (Phi) is 2.75. The van der Waals surface area contributed by atoms with Crippen LogP contribution in [0.3, 0.4) is 0 Å². The molecule has 0 saturated heterocycles. The summed E-state index contributed by atoms with van der Waals surface area (Å²) in [4.78, 5) is 15.8. The number of amides is 1. The fourth-order valence-corrected chi connectivity index (χ4v) is 1.95. The number of aromatic nitrogens is 1. The van der Waals surface area contributed by atoms with E-state index in [1.807, 2.05) is 26.0 Å². The summed E-state index contributed by atoms with van der Waals surface area (Å²) in [6.07, 6.45) is 6.24. The molecule has 0 unspecified atom stereocenters. The van der Waals surface area contributed by atoms with E-state index in [4.69, 9.17) is 0 Å². The van der Waals surface area contributed by atoms with Gasteiger partial charge in [-0.25, -0.2) is 5.06 Å². The summed E-state index contributed by atoms with van der Waals surface area (Å²) in [7, 11) is 0. The number of hydrogen-bond donors (Lipinski definition) is 1. The zero-order valence-electron chi connectivity index (χ0n) is 9.40. The monoisotopic (exact) mass is 218 g/mol. The molecule has 1 aromatic rings. The first-order chi connectivity index (χ1) is 7.65. The molecule has 1 aliphatic rings. The van der Waals surface area contributed by atoms with Crippen LogP contribution in [0.2, 0.25) is 0 Å². The molecular weight excluding hydrogens is 204 g/mol. The predicted octanol–water partition coefficient (Wildman–Crippen LogP) is 1.81. The molecule has 84 valence electrons. The van der Waals surface area contributed by atoms with Crippen LogP contribution in [0.5, 0.6) is 0 Å². The molecule has 4 heteroatoms. The van der Waals surface area contributed by atoms with Gasteiger partial charge in [0.05, 0.1) is 6.54 Å². The van der Waals surface area contributed by atoms with Crippen LogP contribution in [0.25, 0.3) is 6.08 Å². The van der Waals surface area contributed by atoms with Crippen molar-refractivity contribution in [3.05, 3.63) is 34.7 Å². The molecule has 16 heavy (non-hydrogen) atoms. The molecule has 2 rings (SSSR count). The Labute approximate surface area is 94.2 Å². The zero-order chi connectivity index (χ0) is 11.7. The maximum atomic E-state index is 11.7. The Morgan fingerprint density at radius 3 is 3.00 bits per heavy atom. The molecule has 2 heterocycles. The third-order valence-corrected chi connectivity index (χ3v) is 2.77. The topological polar surface area (TPSA) is 53.4 Å². The van der Waals surface area contributed by atoms with Gasteiger partial charge in [0.15, 0.2) is 0 Å². The van der Waals surface area contributed by atoms with E-state index in [-0.39, 0.29) is 0 Å². The lowest BCUT2D eigenvalue weighted by Crippen LogP contribution is -2.36. The standard InChI is InChI=1S/C12H14N2O2/c1-3-4-9-8(2)7-13-11-10(9)5-6-14(16)12(11)15/h3-4,7,16H,5-6H2,1-2H3/b4-3-. The smallest absolute Gasteiger partial charge is 0.286 e. The van der Waals surface area contributed by atoms with Gasteiger partial charge >= 0.3 is 0 Å². The van der Waals surface area contributed by atoms with E-state index < -0.39 is 5.91 Å². The molecule has 1 N–H and O–H groups in total. The molecule has 0 aliphatic carbocycles. The maximum Gasteiger partial charge on any atom is 0.296 e. The fraction of sp³-hybridized carbons (Fsp3) is 0.333. The fourth-order valence-electron chi connectivity index (χ4n) is 1.95.